The van der Waals surface area contributed by atoms with Crippen LogP contribution in [-0.2, 0) is 5.54 Å². The molecule has 0 aromatic carbocycles. The molecule has 0 aliphatic carbocycles. The largest absolute Gasteiger partial charge is 0.298 e. The maximum atomic E-state index is 11.1. The van der Waals surface area contributed by atoms with Gasteiger partial charge in [-0.2, -0.15) is 5.10 Å². The topological polar surface area (TPSA) is 34.9 Å². The summed E-state index contributed by atoms with van der Waals surface area (Å²) in [5, 5.41) is 4.53. The van der Waals surface area contributed by atoms with Crippen LogP contribution in [0.25, 0.3) is 10.6 Å². The van der Waals surface area contributed by atoms with E-state index in [1.165, 1.54) is 4.88 Å². The van der Waals surface area contributed by atoms with Crippen LogP contribution in [0.1, 0.15) is 36.0 Å². The monoisotopic (exact) mass is 248 g/mol. The molecule has 0 atom stereocenters. The Bertz CT molecular complexity index is 546. The van der Waals surface area contributed by atoms with E-state index in [0.29, 0.717) is 5.56 Å². The normalized spacial score (nSPS) is 11.8. The summed E-state index contributed by atoms with van der Waals surface area (Å²) in [7, 11) is 0. The third-order valence-corrected chi connectivity index (χ3v) is 3.54. The predicted octanol–water partition coefficient (Wildman–Crippen LogP) is 3.49. The van der Waals surface area contributed by atoms with Crippen molar-refractivity contribution in [3.63, 3.8) is 0 Å². The Labute approximate surface area is 105 Å². The third kappa shape index (κ3) is 2.31. The lowest BCUT2D eigenvalue weighted by molar-refractivity contribution is 0.112. The summed E-state index contributed by atoms with van der Waals surface area (Å²) in [6.45, 7) is 8.25. The van der Waals surface area contributed by atoms with Crippen LogP contribution in [0.4, 0.5) is 0 Å². The molecule has 0 aliphatic heterocycles. The minimum absolute atomic E-state index is 0.109. The summed E-state index contributed by atoms with van der Waals surface area (Å²) in [5.74, 6) is 0. The summed E-state index contributed by atoms with van der Waals surface area (Å²) < 4.78 is 1.85. The lowest BCUT2D eigenvalue weighted by Gasteiger charge is -2.18. The van der Waals surface area contributed by atoms with Crippen molar-refractivity contribution < 1.29 is 4.79 Å². The fourth-order valence-electron chi connectivity index (χ4n) is 1.57. The zero-order valence-corrected chi connectivity index (χ0v) is 11.3. The van der Waals surface area contributed by atoms with Gasteiger partial charge in [-0.15, -0.1) is 11.3 Å². The molecule has 0 N–H and O–H groups in total. The van der Waals surface area contributed by atoms with Crippen molar-refractivity contribution in [1.29, 1.82) is 0 Å². The maximum Gasteiger partial charge on any atom is 0.153 e. The lowest BCUT2D eigenvalue weighted by atomic mass is 10.1. The highest BCUT2D eigenvalue weighted by molar-refractivity contribution is 7.15. The number of carbonyl (C=O) groups excluding carboxylic acids is 1. The minimum atomic E-state index is -0.109. The Morgan fingerprint density at radius 3 is 2.53 bits per heavy atom. The van der Waals surface area contributed by atoms with Crippen molar-refractivity contribution in [1.82, 2.24) is 9.78 Å². The van der Waals surface area contributed by atoms with Crippen LogP contribution in [0.2, 0.25) is 0 Å². The number of carbonyl (C=O) groups is 1. The average molecular weight is 248 g/mol. The van der Waals surface area contributed by atoms with E-state index in [1.54, 1.807) is 11.3 Å². The molecule has 0 bridgehead atoms. The van der Waals surface area contributed by atoms with Crippen LogP contribution in [0.3, 0.4) is 0 Å². The number of aldehydes is 1. The smallest absolute Gasteiger partial charge is 0.153 e. The Balaban J connectivity index is 2.54. The number of hydrogen-bond donors (Lipinski definition) is 0. The molecule has 2 heterocycles. The first kappa shape index (κ1) is 12.0. The molecule has 2 rings (SSSR count). The second kappa shape index (κ2) is 4.11. The first-order valence-corrected chi connectivity index (χ1v) is 6.35. The number of rotatable bonds is 2. The molecule has 2 aromatic heterocycles. The molecule has 2 aromatic rings. The van der Waals surface area contributed by atoms with Crippen LogP contribution in [0.15, 0.2) is 18.3 Å². The first-order valence-electron chi connectivity index (χ1n) is 5.54. The van der Waals surface area contributed by atoms with Crippen LogP contribution in [0.5, 0.6) is 0 Å². The number of hydrogen-bond acceptors (Lipinski definition) is 3. The van der Waals surface area contributed by atoms with Gasteiger partial charge in [-0.3, -0.25) is 9.48 Å². The van der Waals surface area contributed by atoms with Gasteiger partial charge in [-0.25, -0.2) is 0 Å². The van der Waals surface area contributed by atoms with Gasteiger partial charge in [0.25, 0.3) is 0 Å². The van der Waals surface area contributed by atoms with Crippen LogP contribution in [-0.4, -0.2) is 16.1 Å². The van der Waals surface area contributed by atoms with Gasteiger partial charge in [0.1, 0.15) is 5.69 Å². The second-order valence-corrected chi connectivity index (χ2v) is 6.36. The zero-order valence-electron chi connectivity index (χ0n) is 10.5. The lowest BCUT2D eigenvalue weighted by Crippen LogP contribution is -2.22. The van der Waals surface area contributed by atoms with Crippen molar-refractivity contribution in [2.24, 2.45) is 0 Å². The van der Waals surface area contributed by atoms with Crippen molar-refractivity contribution >= 4 is 17.6 Å². The summed E-state index contributed by atoms with van der Waals surface area (Å²) in [4.78, 5) is 13.4. The van der Waals surface area contributed by atoms with E-state index in [2.05, 4.69) is 32.8 Å². The van der Waals surface area contributed by atoms with Crippen molar-refractivity contribution in [3.8, 4) is 10.6 Å². The molecule has 4 heteroatoms. The molecule has 3 nitrogen and oxygen atoms in total. The highest BCUT2D eigenvalue weighted by atomic mass is 32.1. The van der Waals surface area contributed by atoms with E-state index in [-0.39, 0.29) is 5.54 Å². The molecule has 0 amide bonds. The number of nitrogens with zero attached hydrogens (tertiary/aromatic N) is 2. The molecular weight excluding hydrogens is 232 g/mol. The second-order valence-electron chi connectivity index (χ2n) is 5.08. The molecule has 90 valence electrons. The van der Waals surface area contributed by atoms with Gasteiger partial charge >= 0.3 is 0 Å². The third-order valence-electron chi connectivity index (χ3n) is 2.53. The number of thiophene rings is 1. The average Bonchev–Trinajstić information content (AvgIpc) is 2.81. The van der Waals surface area contributed by atoms with E-state index in [1.807, 2.05) is 23.0 Å². The standard InChI is InChI=1S/C13H16N2OS/c1-9-5-6-11(17-9)12-10(8-16)7-15(14-12)13(2,3)4/h5-8H,1-4H3. The molecule has 0 saturated carbocycles. The molecular formula is C13H16N2OS. The van der Waals surface area contributed by atoms with Gasteiger partial charge in [0.05, 0.1) is 16.0 Å². The van der Waals surface area contributed by atoms with Crippen molar-refractivity contribution in [3.05, 3.63) is 28.8 Å². The van der Waals surface area contributed by atoms with Gasteiger partial charge in [0, 0.05) is 11.1 Å². The zero-order chi connectivity index (χ0) is 12.6. The Hall–Kier alpha value is -1.42. The summed E-state index contributed by atoms with van der Waals surface area (Å²) in [6, 6.07) is 4.06. The molecule has 0 spiro atoms. The molecule has 0 fully saturated rings. The molecule has 0 radical (unpaired) electrons. The van der Waals surface area contributed by atoms with E-state index in [9.17, 15) is 4.79 Å². The SMILES string of the molecule is Cc1ccc(-c2nn(C(C)(C)C)cc2C=O)s1. The summed E-state index contributed by atoms with van der Waals surface area (Å²) in [5.41, 5.74) is 1.33. The van der Waals surface area contributed by atoms with Crippen LogP contribution in [0, 0.1) is 6.92 Å². The minimum Gasteiger partial charge on any atom is -0.298 e. The quantitative estimate of drug-likeness (QED) is 0.762. The molecule has 0 unspecified atom stereocenters. The van der Waals surface area contributed by atoms with Gasteiger partial charge in [0.15, 0.2) is 6.29 Å². The number of aryl methyl sites for hydroxylation is 1. The van der Waals surface area contributed by atoms with Crippen LogP contribution < -0.4 is 0 Å². The predicted molar refractivity (Wildman–Crippen MR) is 70.7 cm³/mol. The van der Waals surface area contributed by atoms with E-state index in [0.717, 1.165) is 16.9 Å². The van der Waals surface area contributed by atoms with E-state index < -0.39 is 0 Å². The fourth-order valence-corrected chi connectivity index (χ4v) is 2.44. The van der Waals surface area contributed by atoms with Crippen LogP contribution >= 0.6 is 11.3 Å². The van der Waals surface area contributed by atoms with Gasteiger partial charge in [0.2, 0.25) is 0 Å². The van der Waals surface area contributed by atoms with E-state index in [4.69, 9.17) is 0 Å². The maximum absolute atomic E-state index is 11.1. The van der Waals surface area contributed by atoms with Crippen molar-refractivity contribution in [2.45, 2.75) is 33.2 Å². The highest BCUT2D eigenvalue weighted by Gasteiger charge is 2.19. The van der Waals surface area contributed by atoms with Crippen molar-refractivity contribution in [2.75, 3.05) is 0 Å². The molecule has 0 aliphatic rings. The summed E-state index contributed by atoms with van der Waals surface area (Å²) in [6.07, 6.45) is 2.69. The number of aromatic nitrogens is 2. The van der Waals surface area contributed by atoms with Gasteiger partial charge < -0.3 is 0 Å². The van der Waals surface area contributed by atoms with Gasteiger partial charge in [-0.1, -0.05) is 0 Å². The Morgan fingerprint density at radius 2 is 2.06 bits per heavy atom. The van der Waals surface area contributed by atoms with E-state index >= 15 is 0 Å². The van der Waals surface area contributed by atoms with Gasteiger partial charge in [-0.05, 0) is 39.8 Å². The highest BCUT2D eigenvalue weighted by Crippen LogP contribution is 2.29. The summed E-state index contributed by atoms with van der Waals surface area (Å²) >= 11 is 1.66. The molecule has 0 saturated heterocycles. The Morgan fingerprint density at radius 1 is 1.35 bits per heavy atom. The fraction of sp³-hybridized carbons (Fsp3) is 0.385. The Kier molecular flexibility index (Phi) is 2.91. The first-order chi connectivity index (χ1) is 7.91. The molecule has 17 heavy (non-hydrogen) atoms.